The number of benzene rings is 1. The van der Waals surface area contributed by atoms with Crippen molar-refractivity contribution in [3.8, 4) is 5.75 Å². The van der Waals surface area contributed by atoms with Gasteiger partial charge >= 0.3 is 5.97 Å². The molecule has 0 amide bonds. The van der Waals surface area contributed by atoms with Gasteiger partial charge in [0.05, 0.1) is 26.3 Å². The summed E-state index contributed by atoms with van der Waals surface area (Å²) < 4.78 is 22.6. The number of carbonyl (C=O) groups is 1. The van der Waals surface area contributed by atoms with Crippen molar-refractivity contribution in [2.24, 2.45) is 0 Å². The Morgan fingerprint density at radius 1 is 1.47 bits per heavy atom. The molecule has 0 spiro atoms. The quantitative estimate of drug-likeness (QED) is 0.604. The second-order valence-corrected chi connectivity index (χ2v) is 2.94. The summed E-state index contributed by atoms with van der Waals surface area (Å²) in [6, 6.07) is 2.51. The topological polar surface area (TPSA) is 61.5 Å². The van der Waals surface area contributed by atoms with Crippen molar-refractivity contribution in [2.75, 3.05) is 20.0 Å². The molecule has 0 bridgehead atoms. The van der Waals surface area contributed by atoms with Crippen LogP contribution >= 0.6 is 0 Å². The zero-order chi connectivity index (χ0) is 11.4. The van der Waals surface area contributed by atoms with Crippen molar-refractivity contribution in [1.82, 2.24) is 0 Å². The molecule has 0 unspecified atom stereocenters. The molecule has 15 heavy (non-hydrogen) atoms. The van der Waals surface area contributed by atoms with Gasteiger partial charge in [-0.1, -0.05) is 0 Å². The molecule has 5 heteroatoms. The summed E-state index contributed by atoms with van der Waals surface area (Å²) in [5, 5.41) is 0. The lowest BCUT2D eigenvalue weighted by Crippen LogP contribution is -2.07. The Bertz CT molecular complexity index is 379. The lowest BCUT2D eigenvalue weighted by molar-refractivity contribution is -0.139. The van der Waals surface area contributed by atoms with Crippen LogP contribution in [0.15, 0.2) is 12.1 Å². The monoisotopic (exact) mass is 213 g/mol. The number of halogens is 1. The zero-order valence-corrected chi connectivity index (χ0v) is 8.54. The number of ether oxygens (including phenoxy) is 2. The molecule has 0 radical (unpaired) electrons. The van der Waals surface area contributed by atoms with E-state index in [0.717, 1.165) is 6.07 Å². The first-order valence-corrected chi connectivity index (χ1v) is 4.27. The molecule has 0 aliphatic heterocycles. The fourth-order valence-electron chi connectivity index (χ4n) is 1.16. The van der Waals surface area contributed by atoms with E-state index >= 15 is 0 Å². The molecular weight excluding hydrogens is 201 g/mol. The van der Waals surface area contributed by atoms with Crippen LogP contribution in [0.5, 0.6) is 5.75 Å². The molecule has 0 saturated carbocycles. The minimum atomic E-state index is -0.536. The Balaban J connectivity index is 3.00. The maximum absolute atomic E-state index is 13.4. The van der Waals surface area contributed by atoms with E-state index in [-0.39, 0.29) is 23.4 Å². The van der Waals surface area contributed by atoms with Crippen molar-refractivity contribution in [3.05, 3.63) is 23.5 Å². The summed E-state index contributed by atoms with van der Waals surface area (Å²) in [5.41, 5.74) is 6.06. The van der Waals surface area contributed by atoms with E-state index in [1.807, 2.05) is 0 Å². The van der Waals surface area contributed by atoms with E-state index in [1.165, 1.54) is 20.3 Å². The summed E-state index contributed by atoms with van der Waals surface area (Å²) in [6.45, 7) is 0. The average molecular weight is 213 g/mol. The number of rotatable bonds is 3. The molecular formula is C10H12FNO3. The van der Waals surface area contributed by atoms with Gasteiger partial charge in [0.2, 0.25) is 0 Å². The van der Waals surface area contributed by atoms with Crippen LogP contribution in [0.4, 0.5) is 10.1 Å². The molecule has 82 valence electrons. The molecule has 1 aromatic carbocycles. The van der Waals surface area contributed by atoms with E-state index in [0.29, 0.717) is 0 Å². The largest absolute Gasteiger partial charge is 0.494 e. The van der Waals surface area contributed by atoms with Crippen LogP contribution in [0.1, 0.15) is 5.56 Å². The van der Waals surface area contributed by atoms with Gasteiger partial charge in [-0.3, -0.25) is 4.79 Å². The normalized spacial score (nSPS) is 9.80. The minimum absolute atomic E-state index is 0.142. The number of nitrogen functional groups attached to an aromatic ring is 1. The molecule has 0 fully saturated rings. The molecule has 4 nitrogen and oxygen atoms in total. The Kier molecular flexibility index (Phi) is 3.49. The number of esters is 1. The van der Waals surface area contributed by atoms with E-state index in [9.17, 15) is 9.18 Å². The summed E-state index contributed by atoms with van der Waals surface area (Å²) in [6.07, 6.45) is -0.142. The van der Waals surface area contributed by atoms with Gasteiger partial charge in [-0.2, -0.15) is 0 Å². The number of anilines is 1. The number of methoxy groups -OCH3 is 2. The van der Waals surface area contributed by atoms with Crippen LogP contribution in [0.2, 0.25) is 0 Å². The second-order valence-electron chi connectivity index (χ2n) is 2.94. The predicted octanol–water partition coefficient (Wildman–Crippen LogP) is 1.13. The molecule has 0 aliphatic rings. The van der Waals surface area contributed by atoms with Crippen molar-refractivity contribution >= 4 is 11.7 Å². The Morgan fingerprint density at radius 3 is 2.67 bits per heavy atom. The molecule has 1 rings (SSSR count). The average Bonchev–Trinajstić information content (AvgIpc) is 2.22. The van der Waals surface area contributed by atoms with Crippen LogP contribution in [-0.4, -0.2) is 20.2 Å². The fraction of sp³-hybridized carbons (Fsp3) is 0.300. The summed E-state index contributed by atoms with van der Waals surface area (Å²) in [5.74, 6) is -0.800. The fourth-order valence-corrected chi connectivity index (χ4v) is 1.16. The van der Waals surface area contributed by atoms with E-state index < -0.39 is 11.8 Å². The number of nitrogens with two attached hydrogens (primary N) is 1. The Morgan fingerprint density at radius 2 is 2.13 bits per heavy atom. The van der Waals surface area contributed by atoms with Gasteiger partial charge in [0.1, 0.15) is 11.6 Å². The van der Waals surface area contributed by atoms with Crippen LogP contribution < -0.4 is 10.5 Å². The summed E-state index contributed by atoms with van der Waals surface area (Å²) in [7, 11) is 2.64. The maximum atomic E-state index is 13.4. The highest BCUT2D eigenvalue weighted by Crippen LogP contribution is 2.25. The van der Waals surface area contributed by atoms with Gasteiger partial charge in [-0.15, -0.1) is 0 Å². The first-order chi connectivity index (χ1) is 7.08. The van der Waals surface area contributed by atoms with Crippen LogP contribution in [0.3, 0.4) is 0 Å². The lowest BCUT2D eigenvalue weighted by atomic mass is 10.1. The van der Waals surface area contributed by atoms with Crippen molar-refractivity contribution in [1.29, 1.82) is 0 Å². The van der Waals surface area contributed by atoms with E-state index in [2.05, 4.69) is 4.74 Å². The maximum Gasteiger partial charge on any atom is 0.310 e. The number of carbonyl (C=O) groups excluding carboxylic acids is 1. The van der Waals surface area contributed by atoms with E-state index in [4.69, 9.17) is 10.5 Å². The SMILES string of the molecule is COC(=O)Cc1cc(N)c(OC)cc1F. The van der Waals surface area contributed by atoms with Crippen molar-refractivity contribution in [3.63, 3.8) is 0 Å². The first kappa shape index (κ1) is 11.3. The minimum Gasteiger partial charge on any atom is -0.494 e. The molecule has 0 atom stereocenters. The van der Waals surface area contributed by atoms with Gasteiger partial charge in [0.15, 0.2) is 0 Å². The lowest BCUT2D eigenvalue weighted by Gasteiger charge is -2.07. The molecule has 0 heterocycles. The van der Waals surface area contributed by atoms with Crippen molar-refractivity contribution in [2.45, 2.75) is 6.42 Å². The van der Waals surface area contributed by atoms with Crippen molar-refractivity contribution < 1.29 is 18.7 Å². The Labute approximate surface area is 86.8 Å². The summed E-state index contributed by atoms with van der Waals surface area (Å²) >= 11 is 0. The third kappa shape index (κ3) is 2.59. The van der Waals surface area contributed by atoms with Crippen LogP contribution in [0, 0.1) is 5.82 Å². The third-order valence-corrected chi connectivity index (χ3v) is 1.96. The van der Waals surface area contributed by atoms with Gasteiger partial charge in [-0.05, 0) is 6.07 Å². The van der Waals surface area contributed by atoms with Crippen LogP contribution in [0.25, 0.3) is 0 Å². The molecule has 1 aromatic rings. The molecule has 2 N–H and O–H groups in total. The standard InChI is InChI=1S/C10H12FNO3/c1-14-9-5-7(11)6(3-8(9)12)4-10(13)15-2/h3,5H,4,12H2,1-2H3. The highest BCUT2D eigenvalue weighted by molar-refractivity contribution is 5.73. The summed E-state index contributed by atoms with van der Waals surface area (Å²) in [4.78, 5) is 10.9. The van der Waals surface area contributed by atoms with Gasteiger partial charge in [0, 0.05) is 11.6 Å². The second kappa shape index (κ2) is 4.63. The van der Waals surface area contributed by atoms with E-state index in [1.54, 1.807) is 0 Å². The zero-order valence-electron chi connectivity index (χ0n) is 8.54. The number of hydrogen-bond acceptors (Lipinski definition) is 4. The number of hydrogen-bond donors (Lipinski definition) is 1. The van der Waals surface area contributed by atoms with Gasteiger partial charge < -0.3 is 15.2 Å². The van der Waals surface area contributed by atoms with Crippen LogP contribution in [-0.2, 0) is 16.0 Å². The Hall–Kier alpha value is -1.78. The highest BCUT2D eigenvalue weighted by atomic mass is 19.1. The highest BCUT2D eigenvalue weighted by Gasteiger charge is 2.11. The molecule has 0 aromatic heterocycles. The molecule has 0 saturated heterocycles. The first-order valence-electron chi connectivity index (χ1n) is 4.27. The third-order valence-electron chi connectivity index (χ3n) is 1.96. The smallest absolute Gasteiger partial charge is 0.310 e. The molecule has 0 aliphatic carbocycles. The van der Waals surface area contributed by atoms with Gasteiger partial charge in [0.25, 0.3) is 0 Å². The predicted molar refractivity (Wildman–Crippen MR) is 53.1 cm³/mol. The van der Waals surface area contributed by atoms with Gasteiger partial charge in [-0.25, -0.2) is 4.39 Å².